The maximum absolute atomic E-state index is 10.1. The van der Waals surface area contributed by atoms with Gasteiger partial charge in [-0.05, 0) is 87.5 Å². The second-order valence-corrected chi connectivity index (χ2v) is 11.8. The van der Waals surface area contributed by atoms with E-state index in [1.54, 1.807) is 5.57 Å². The van der Waals surface area contributed by atoms with Crippen molar-refractivity contribution < 1.29 is 15.3 Å². The molecule has 2 saturated carbocycles. The number of thioether (sulfide) groups is 1. The molecule has 3 N–H and O–H groups in total. The summed E-state index contributed by atoms with van der Waals surface area (Å²) in [6.07, 6.45) is 12.2. The molecule has 0 aliphatic heterocycles. The smallest absolute Gasteiger partial charge is 0.0811 e. The average molecular weight is 433 g/mol. The molecule has 168 valence electrons. The highest BCUT2D eigenvalue weighted by Gasteiger charge is 2.46. The molecule has 3 aliphatic rings. The van der Waals surface area contributed by atoms with E-state index in [9.17, 15) is 15.3 Å². The van der Waals surface area contributed by atoms with Crippen LogP contribution in [0.2, 0.25) is 0 Å². The fourth-order valence-electron chi connectivity index (χ4n) is 5.52. The summed E-state index contributed by atoms with van der Waals surface area (Å²) in [5, 5.41) is 30.6. The Morgan fingerprint density at radius 2 is 2.07 bits per heavy atom. The van der Waals surface area contributed by atoms with E-state index in [2.05, 4.69) is 38.7 Å². The average Bonchev–Trinajstić information content (AvgIpc) is 3.00. The molecule has 0 saturated heterocycles. The highest BCUT2D eigenvalue weighted by atomic mass is 32.2. The Balaban J connectivity index is 1.71. The van der Waals surface area contributed by atoms with Gasteiger partial charge in [-0.2, -0.15) is 11.8 Å². The molecule has 0 aromatic rings. The van der Waals surface area contributed by atoms with Crippen LogP contribution in [0.4, 0.5) is 0 Å². The van der Waals surface area contributed by atoms with Gasteiger partial charge in [0.15, 0.2) is 0 Å². The van der Waals surface area contributed by atoms with Gasteiger partial charge < -0.3 is 15.3 Å². The number of aliphatic hydroxyl groups excluding tert-OH is 2. The topological polar surface area (TPSA) is 60.7 Å². The SMILES string of the molecule is C=C1/C(=C\C=C2/CCC[C@]3(C)C(C(C)SCCC(C)(C)O)=CC[C@@H]23)C[C@@H](O)C[C@@H]1O. The summed E-state index contributed by atoms with van der Waals surface area (Å²) in [5.41, 5.74) is 4.45. The van der Waals surface area contributed by atoms with Gasteiger partial charge >= 0.3 is 0 Å². The molecule has 1 unspecified atom stereocenters. The number of allylic oxidation sites excluding steroid dienone is 4. The van der Waals surface area contributed by atoms with Crippen LogP contribution in [0.1, 0.15) is 72.6 Å². The van der Waals surface area contributed by atoms with E-state index in [4.69, 9.17) is 0 Å². The summed E-state index contributed by atoms with van der Waals surface area (Å²) in [4.78, 5) is 0. The molecule has 0 aromatic heterocycles. The summed E-state index contributed by atoms with van der Waals surface area (Å²) in [6.45, 7) is 12.6. The van der Waals surface area contributed by atoms with Crippen molar-refractivity contribution in [3.8, 4) is 0 Å². The van der Waals surface area contributed by atoms with Crippen LogP contribution < -0.4 is 0 Å². The van der Waals surface area contributed by atoms with E-state index in [1.165, 1.54) is 18.4 Å². The van der Waals surface area contributed by atoms with Crippen LogP contribution in [0.3, 0.4) is 0 Å². The Bertz CT molecular complexity index is 742. The van der Waals surface area contributed by atoms with Crippen LogP contribution >= 0.6 is 11.8 Å². The number of aliphatic hydroxyl groups is 3. The standard InChI is InChI=1S/C26H40O3S/c1-17-20(15-21(27)16-24(17)28)9-8-19-7-6-12-26(5)22(10-11-23(19)26)18(2)30-14-13-25(3,4)29/h8-10,18,21,23-24,27-29H,1,6-7,11-16H2,2-5H3/b19-8+,20-9-/t18?,21-,23+,24+,26-/m1/s1. The van der Waals surface area contributed by atoms with Gasteiger partial charge in [-0.1, -0.05) is 42.9 Å². The molecule has 0 heterocycles. The van der Waals surface area contributed by atoms with E-state index in [1.807, 2.05) is 25.6 Å². The highest BCUT2D eigenvalue weighted by Crippen LogP contribution is 2.56. The summed E-state index contributed by atoms with van der Waals surface area (Å²) in [5.74, 6) is 1.52. The van der Waals surface area contributed by atoms with Crippen LogP contribution in [-0.2, 0) is 0 Å². The Labute approximate surface area is 187 Å². The van der Waals surface area contributed by atoms with Gasteiger partial charge in [-0.3, -0.25) is 0 Å². The second-order valence-electron chi connectivity index (χ2n) is 10.4. The molecule has 3 rings (SSSR count). The van der Waals surface area contributed by atoms with E-state index in [0.29, 0.717) is 24.0 Å². The lowest BCUT2D eigenvalue weighted by atomic mass is 9.64. The van der Waals surface area contributed by atoms with Gasteiger partial charge in [-0.15, -0.1) is 0 Å². The van der Waals surface area contributed by atoms with Crippen molar-refractivity contribution in [2.45, 2.75) is 95.7 Å². The monoisotopic (exact) mass is 432 g/mol. The first kappa shape index (κ1) is 23.8. The quantitative estimate of drug-likeness (QED) is 0.497. The third-order valence-corrected chi connectivity index (χ3v) is 8.59. The molecule has 3 aliphatic carbocycles. The molecule has 0 radical (unpaired) electrons. The zero-order valence-corrected chi connectivity index (χ0v) is 20.0. The minimum atomic E-state index is -0.628. The van der Waals surface area contributed by atoms with Gasteiger partial charge in [-0.25, -0.2) is 0 Å². The molecule has 0 spiro atoms. The summed E-state index contributed by atoms with van der Waals surface area (Å²) < 4.78 is 0. The van der Waals surface area contributed by atoms with Gasteiger partial charge in [0, 0.05) is 11.7 Å². The normalized spacial score (nSPS) is 36.2. The fourth-order valence-corrected chi connectivity index (χ4v) is 7.04. The van der Waals surface area contributed by atoms with Crippen molar-refractivity contribution in [3.63, 3.8) is 0 Å². The first-order valence-electron chi connectivity index (χ1n) is 11.5. The van der Waals surface area contributed by atoms with Crippen molar-refractivity contribution in [1.82, 2.24) is 0 Å². The van der Waals surface area contributed by atoms with Crippen molar-refractivity contribution in [2.24, 2.45) is 11.3 Å². The largest absolute Gasteiger partial charge is 0.393 e. The molecule has 3 nitrogen and oxygen atoms in total. The second kappa shape index (κ2) is 9.36. The van der Waals surface area contributed by atoms with Crippen LogP contribution in [-0.4, -0.2) is 44.1 Å². The third-order valence-electron chi connectivity index (χ3n) is 7.40. The molecule has 4 heteroatoms. The minimum absolute atomic E-state index is 0.215. The predicted octanol–water partition coefficient (Wildman–Crippen LogP) is 5.33. The number of hydrogen-bond acceptors (Lipinski definition) is 4. The maximum atomic E-state index is 10.1. The molecular formula is C26H40O3S. The Morgan fingerprint density at radius 3 is 2.77 bits per heavy atom. The van der Waals surface area contributed by atoms with Crippen LogP contribution in [0.25, 0.3) is 0 Å². The lowest BCUT2D eigenvalue weighted by molar-refractivity contribution is 0.0777. The van der Waals surface area contributed by atoms with Crippen molar-refractivity contribution in [1.29, 1.82) is 0 Å². The summed E-state index contributed by atoms with van der Waals surface area (Å²) in [7, 11) is 0. The van der Waals surface area contributed by atoms with E-state index in [-0.39, 0.29) is 5.41 Å². The summed E-state index contributed by atoms with van der Waals surface area (Å²) >= 11 is 1.97. The Morgan fingerprint density at radius 1 is 1.33 bits per heavy atom. The third kappa shape index (κ3) is 5.32. The van der Waals surface area contributed by atoms with Crippen molar-refractivity contribution in [2.75, 3.05) is 5.75 Å². The first-order chi connectivity index (χ1) is 14.0. The highest BCUT2D eigenvalue weighted by molar-refractivity contribution is 8.00. The fraction of sp³-hybridized carbons (Fsp3) is 0.692. The van der Waals surface area contributed by atoms with Gasteiger partial charge in [0.1, 0.15) is 0 Å². The molecule has 2 fully saturated rings. The predicted molar refractivity (Wildman–Crippen MR) is 128 cm³/mol. The minimum Gasteiger partial charge on any atom is -0.393 e. The van der Waals surface area contributed by atoms with Crippen molar-refractivity contribution in [3.05, 3.63) is 47.1 Å². The van der Waals surface area contributed by atoms with E-state index in [0.717, 1.165) is 36.2 Å². The Kier molecular flexibility index (Phi) is 7.44. The van der Waals surface area contributed by atoms with E-state index < -0.39 is 17.8 Å². The zero-order valence-electron chi connectivity index (χ0n) is 19.2. The lowest BCUT2D eigenvalue weighted by Crippen LogP contribution is -2.33. The number of hydrogen-bond donors (Lipinski definition) is 3. The van der Waals surface area contributed by atoms with Crippen molar-refractivity contribution >= 4 is 11.8 Å². The van der Waals surface area contributed by atoms with Gasteiger partial charge in [0.05, 0.1) is 17.8 Å². The van der Waals surface area contributed by atoms with Crippen LogP contribution in [0, 0.1) is 11.3 Å². The van der Waals surface area contributed by atoms with Gasteiger partial charge in [0.25, 0.3) is 0 Å². The zero-order chi connectivity index (χ0) is 22.1. The summed E-state index contributed by atoms with van der Waals surface area (Å²) in [6, 6.07) is 0. The molecule has 0 amide bonds. The molecule has 30 heavy (non-hydrogen) atoms. The molecular weight excluding hydrogens is 392 g/mol. The number of fused-ring (bicyclic) bond motifs is 1. The first-order valence-corrected chi connectivity index (χ1v) is 12.6. The van der Waals surface area contributed by atoms with Crippen LogP contribution in [0.15, 0.2) is 47.1 Å². The molecule has 0 bridgehead atoms. The van der Waals surface area contributed by atoms with Crippen LogP contribution in [0.5, 0.6) is 0 Å². The van der Waals surface area contributed by atoms with Gasteiger partial charge in [0.2, 0.25) is 0 Å². The Hall–Kier alpha value is -0.810. The molecule has 5 atom stereocenters. The maximum Gasteiger partial charge on any atom is 0.0811 e. The number of rotatable bonds is 6. The van der Waals surface area contributed by atoms with E-state index >= 15 is 0 Å². The lowest BCUT2D eigenvalue weighted by Gasteiger charge is -2.42. The molecule has 0 aromatic carbocycles.